The van der Waals surface area contributed by atoms with Crippen LogP contribution in [0.5, 0.6) is 0 Å². The Hall–Kier alpha value is -1.89. The molecule has 0 spiro atoms. The first kappa shape index (κ1) is 14.1. The number of aliphatic hydroxyl groups excluding tert-OH is 2. The van der Waals surface area contributed by atoms with Crippen molar-refractivity contribution in [1.82, 2.24) is 19.5 Å². The van der Waals surface area contributed by atoms with Crippen molar-refractivity contribution in [2.24, 2.45) is 0 Å². The average Bonchev–Trinajstić information content (AvgIpc) is 2.93. The van der Waals surface area contributed by atoms with E-state index in [1.807, 2.05) is 0 Å². The minimum atomic E-state index is -3.34. The lowest BCUT2D eigenvalue weighted by Crippen LogP contribution is -2.49. The van der Waals surface area contributed by atoms with Crippen LogP contribution in [0.4, 0.5) is 0 Å². The smallest absolute Gasteiger partial charge is 0.306 e. The van der Waals surface area contributed by atoms with Crippen molar-refractivity contribution < 1.29 is 30.3 Å². The predicted octanol–water partition coefficient (Wildman–Crippen LogP) is -3.63. The molecular weight excluding hydrogens is 288 g/mol. The molecule has 0 aliphatic carbocycles. The van der Waals surface area contributed by atoms with E-state index >= 15 is 0 Å². The Morgan fingerprint density at radius 1 is 1.24 bits per heavy atom. The maximum atomic E-state index is 11.5. The largest absolute Gasteiger partial charge is 0.387 e. The molecule has 0 radical (unpaired) electrons. The summed E-state index contributed by atoms with van der Waals surface area (Å²) >= 11 is 0. The zero-order valence-corrected chi connectivity index (χ0v) is 10.4. The second-order valence-corrected chi connectivity index (χ2v) is 4.67. The first-order valence-corrected chi connectivity index (χ1v) is 5.89. The Labute approximate surface area is 115 Å². The van der Waals surface area contributed by atoms with Gasteiger partial charge in [0.05, 0.1) is 12.7 Å². The molecule has 0 amide bonds. The molecule has 2 aromatic rings. The van der Waals surface area contributed by atoms with Crippen LogP contribution in [0.1, 0.15) is 6.23 Å². The first-order valence-electron chi connectivity index (χ1n) is 5.89. The number of H-pyrrole nitrogens is 1. The van der Waals surface area contributed by atoms with Gasteiger partial charge in [0.2, 0.25) is 0 Å². The SMILES string of the molecule is O=c1[nH]cnc2c1ncn2[C@@H]1O[C@H](C(O)(O)O)[C@@H](O)[C@H]1O. The number of hydrogen-bond donors (Lipinski definition) is 6. The molecule has 0 aromatic carbocycles. The number of ether oxygens (including phenoxy) is 1. The van der Waals surface area contributed by atoms with Crippen molar-refractivity contribution in [3.63, 3.8) is 0 Å². The second-order valence-electron chi connectivity index (χ2n) is 4.67. The van der Waals surface area contributed by atoms with Gasteiger partial charge >= 0.3 is 5.97 Å². The molecule has 21 heavy (non-hydrogen) atoms. The number of fused-ring (bicyclic) bond motifs is 1. The minimum absolute atomic E-state index is 0.0190. The highest BCUT2D eigenvalue weighted by Gasteiger charge is 2.53. The number of aliphatic hydroxyl groups is 5. The maximum Gasteiger partial charge on any atom is 0.306 e. The summed E-state index contributed by atoms with van der Waals surface area (Å²) in [5.41, 5.74) is -0.464. The number of aromatic amines is 1. The fourth-order valence-electron chi connectivity index (χ4n) is 2.26. The van der Waals surface area contributed by atoms with Gasteiger partial charge in [-0.05, 0) is 0 Å². The molecule has 3 rings (SSSR count). The minimum Gasteiger partial charge on any atom is -0.387 e. The Morgan fingerprint density at radius 2 is 1.95 bits per heavy atom. The molecule has 11 heteroatoms. The fraction of sp³-hybridized carbons (Fsp3) is 0.500. The average molecular weight is 300 g/mol. The quantitative estimate of drug-likeness (QED) is 0.306. The lowest BCUT2D eigenvalue weighted by molar-refractivity contribution is -0.368. The Bertz CT molecular complexity index is 720. The summed E-state index contributed by atoms with van der Waals surface area (Å²) in [5.74, 6) is -3.34. The molecule has 2 aromatic heterocycles. The number of rotatable bonds is 2. The molecule has 0 unspecified atom stereocenters. The van der Waals surface area contributed by atoms with Crippen molar-refractivity contribution >= 4 is 11.2 Å². The molecule has 114 valence electrons. The van der Waals surface area contributed by atoms with E-state index in [1.54, 1.807) is 0 Å². The number of imidazole rings is 1. The second kappa shape index (κ2) is 4.56. The lowest BCUT2D eigenvalue weighted by Gasteiger charge is -2.23. The van der Waals surface area contributed by atoms with Crippen molar-refractivity contribution in [2.75, 3.05) is 0 Å². The van der Waals surface area contributed by atoms with E-state index in [2.05, 4.69) is 15.0 Å². The van der Waals surface area contributed by atoms with Crippen LogP contribution in [0.25, 0.3) is 11.2 Å². The van der Waals surface area contributed by atoms with E-state index < -0.39 is 36.1 Å². The molecule has 3 heterocycles. The standard InChI is InChI=1S/C10H12N4O7/c15-4-5(16)9(21-6(4)10(18,19)20)14-2-13-3-7(14)11-1-12-8(3)17/h1-2,4-6,9,15-16,18-20H,(H,11,12,17)/t4-,5+,6-,9+/m0/s1. The molecular formula is C10H12N4O7. The number of nitrogens with one attached hydrogen (secondary N) is 1. The van der Waals surface area contributed by atoms with E-state index in [1.165, 1.54) is 0 Å². The third-order valence-corrected chi connectivity index (χ3v) is 3.26. The topological polar surface area (TPSA) is 174 Å². The summed E-state index contributed by atoms with van der Waals surface area (Å²) in [7, 11) is 0. The molecule has 1 saturated heterocycles. The summed E-state index contributed by atoms with van der Waals surface area (Å²) in [4.78, 5) is 21.5. The molecule has 0 bridgehead atoms. The lowest BCUT2D eigenvalue weighted by atomic mass is 10.1. The summed E-state index contributed by atoms with van der Waals surface area (Å²) in [6.45, 7) is 0. The maximum absolute atomic E-state index is 11.5. The van der Waals surface area contributed by atoms with Crippen LogP contribution >= 0.6 is 0 Å². The highest BCUT2D eigenvalue weighted by molar-refractivity contribution is 5.68. The van der Waals surface area contributed by atoms with Crippen LogP contribution in [0.3, 0.4) is 0 Å². The molecule has 11 nitrogen and oxygen atoms in total. The van der Waals surface area contributed by atoms with Crippen molar-refractivity contribution in [3.8, 4) is 0 Å². The van der Waals surface area contributed by atoms with E-state index in [0.717, 1.165) is 17.2 Å². The Kier molecular flexibility index (Phi) is 3.05. The van der Waals surface area contributed by atoms with E-state index in [4.69, 9.17) is 20.1 Å². The monoisotopic (exact) mass is 300 g/mol. The van der Waals surface area contributed by atoms with Gasteiger partial charge in [-0.15, -0.1) is 0 Å². The summed E-state index contributed by atoms with van der Waals surface area (Å²) in [6, 6.07) is 0. The van der Waals surface area contributed by atoms with E-state index in [9.17, 15) is 15.0 Å². The van der Waals surface area contributed by atoms with Crippen LogP contribution in [0.2, 0.25) is 0 Å². The number of nitrogens with zero attached hydrogens (tertiary/aromatic N) is 3. The fourth-order valence-corrected chi connectivity index (χ4v) is 2.26. The predicted molar refractivity (Wildman–Crippen MR) is 63.5 cm³/mol. The van der Waals surface area contributed by atoms with Gasteiger partial charge in [0.15, 0.2) is 23.5 Å². The normalized spacial score (nSPS) is 30.1. The van der Waals surface area contributed by atoms with Crippen LogP contribution in [-0.2, 0) is 4.74 Å². The molecule has 1 fully saturated rings. The van der Waals surface area contributed by atoms with Gasteiger partial charge in [0.25, 0.3) is 5.56 Å². The molecule has 4 atom stereocenters. The van der Waals surface area contributed by atoms with Crippen LogP contribution in [-0.4, -0.2) is 69.3 Å². The van der Waals surface area contributed by atoms with Gasteiger partial charge in [0.1, 0.15) is 12.2 Å². The van der Waals surface area contributed by atoms with Crippen LogP contribution in [0.15, 0.2) is 17.4 Å². The summed E-state index contributed by atoms with van der Waals surface area (Å²) < 4.78 is 6.21. The molecule has 1 aliphatic heterocycles. The van der Waals surface area contributed by atoms with Crippen molar-refractivity contribution in [1.29, 1.82) is 0 Å². The summed E-state index contributed by atoms with van der Waals surface area (Å²) in [5, 5.41) is 46.9. The third kappa shape index (κ3) is 2.12. The molecule has 6 N–H and O–H groups in total. The van der Waals surface area contributed by atoms with Crippen molar-refractivity contribution in [2.45, 2.75) is 30.5 Å². The van der Waals surface area contributed by atoms with Gasteiger partial charge in [0, 0.05) is 0 Å². The number of aromatic nitrogens is 4. The van der Waals surface area contributed by atoms with Gasteiger partial charge < -0.3 is 35.3 Å². The Balaban J connectivity index is 2.04. The van der Waals surface area contributed by atoms with E-state index in [0.29, 0.717) is 0 Å². The van der Waals surface area contributed by atoms with Gasteiger partial charge in [-0.1, -0.05) is 0 Å². The first-order chi connectivity index (χ1) is 9.80. The van der Waals surface area contributed by atoms with Gasteiger partial charge in [-0.25, -0.2) is 9.97 Å². The zero-order chi connectivity index (χ0) is 15.4. The highest BCUT2D eigenvalue weighted by Crippen LogP contribution is 2.34. The third-order valence-electron chi connectivity index (χ3n) is 3.26. The van der Waals surface area contributed by atoms with Gasteiger partial charge in [-0.3, -0.25) is 9.36 Å². The highest BCUT2D eigenvalue weighted by atomic mass is 16.7. The van der Waals surface area contributed by atoms with Gasteiger partial charge in [-0.2, -0.15) is 0 Å². The summed E-state index contributed by atoms with van der Waals surface area (Å²) in [6.07, 6.45) is -4.28. The van der Waals surface area contributed by atoms with Crippen LogP contribution < -0.4 is 5.56 Å². The molecule has 1 aliphatic rings. The molecule has 0 saturated carbocycles. The van der Waals surface area contributed by atoms with Crippen LogP contribution in [0, 0.1) is 0 Å². The van der Waals surface area contributed by atoms with Crippen molar-refractivity contribution in [3.05, 3.63) is 23.0 Å². The van der Waals surface area contributed by atoms with E-state index in [-0.39, 0.29) is 11.2 Å². The zero-order valence-electron chi connectivity index (χ0n) is 10.4. The number of hydrogen-bond acceptors (Lipinski definition) is 9. The Morgan fingerprint density at radius 3 is 2.57 bits per heavy atom.